The number of rotatable bonds is 4. The molecule has 2 heterocycles. The van der Waals surface area contributed by atoms with Crippen molar-refractivity contribution in [1.82, 2.24) is 9.97 Å². The highest BCUT2D eigenvalue weighted by Gasteiger charge is 2.07. The van der Waals surface area contributed by atoms with E-state index in [9.17, 15) is 0 Å². The van der Waals surface area contributed by atoms with Crippen LogP contribution < -0.4 is 0 Å². The van der Waals surface area contributed by atoms with Crippen molar-refractivity contribution in [3.63, 3.8) is 0 Å². The van der Waals surface area contributed by atoms with Crippen LogP contribution in [0.3, 0.4) is 0 Å². The van der Waals surface area contributed by atoms with Crippen LogP contribution >= 0.6 is 22.7 Å². The molecule has 0 N–H and O–H groups in total. The van der Waals surface area contributed by atoms with Crippen molar-refractivity contribution in [3.05, 3.63) is 57.4 Å². The third kappa shape index (κ3) is 3.03. The van der Waals surface area contributed by atoms with Crippen LogP contribution in [0.2, 0.25) is 0 Å². The molecule has 0 spiro atoms. The minimum absolute atomic E-state index is 0.972. The van der Waals surface area contributed by atoms with Gasteiger partial charge in [0.05, 0.1) is 10.7 Å². The molecule has 3 aromatic rings. The van der Waals surface area contributed by atoms with Gasteiger partial charge < -0.3 is 0 Å². The molecule has 4 heteroatoms. The lowest BCUT2D eigenvalue weighted by Crippen LogP contribution is -1.80. The van der Waals surface area contributed by atoms with Gasteiger partial charge in [-0.05, 0) is 30.2 Å². The van der Waals surface area contributed by atoms with E-state index in [1.807, 2.05) is 36.4 Å². The van der Waals surface area contributed by atoms with E-state index in [1.165, 1.54) is 0 Å². The van der Waals surface area contributed by atoms with Crippen LogP contribution in [0.25, 0.3) is 22.9 Å². The van der Waals surface area contributed by atoms with E-state index in [1.54, 1.807) is 22.7 Å². The zero-order valence-corrected chi connectivity index (χ0v) is 12.7. The van der Waals surface area contributed by atoms with Crippen molar-refractivity contribution in [3.8, 4) is 10.7 Å². The van der Waals surface area contributed by atoms with Gasteiger partial charge in [-0.25, -0.2) is 9.97 Å². The van der Waals surface area contributed by atoms with Gasteiger partial charge in [0.1, 0.15) is 10.7 Å². The van der Waals surface area contributed by atoms with Gasteiger partial charge in [0.15, 0.2) is 0 Å². The lowest BCUT2D eigenvalue weighted by Gasteiger charge is -1.90. The number of hydrogen-bond donors (Lipinski definition) is 0. The minimum Gasteiger partial charge on any atom is -0.239 e. The van der Waals surface area contributed by atoms with E-state index in [0.717, 1.165) is 33.4 Å². The first-order chi connectivity index (χ1) is 9.85. The zero-order valence-electron chi connectivity index (χ0n) is 11.0. The van der Waals surface area contributed by atoms with E-state index < -0.39 is 0 Å². The standard InChI is InChI=1S/C16H13N2S2/c1-2-15-18-14(11-19-15)16-17-13(10-20-16)9-8-12-6-4-3-5-7-12/h3-4,6-11H,2H2,1H3/b9-8+. The SMILES string of the molecule is CCc1nc(-c2nc(/C=C/c3c[c]ccc3)cs2)cs1. The average molecular weight is 297 g/mol. The first kappa shape index (κ1) is 13.2. The Kier molecular flexibility index (Phi) is 4.04. The molecule has 0 saturated carbocycles. The summed E-state index contributed by atoms with van der Waals surface area (Å²) in [6, 6.07) is 10.9. The first-order valence-electron chi connectivity index (χ1n) is 6.39. The van der Waals surface area contributed by atoms with Crippen LogP contribution in [0.4, 0.5) is 0 Å². The summed E-state index contributed by atoms with van der Waals surface area (Å²) < 4.78 is 0. The Morgan fingerprint density at radius 1 is 1.20 bits per heavy atom. The predicted octanol–water partition coefficient (Wildman–Crippen LogP) is 4.80. The van der Waals surface area contributed by atoms with E-state index in [2.05, 4.69) is 33.7 Å². The zero-order chi connectivity index (χ0) is 13.8. The summed E-state index contributed by atoms with van der Waals surface area (Å²) in [6.07, 6.45) is 5.05. The number of aryl methyl sites for hydroxylation is 1. The monoisotopic (exact) mass is 297 g/mol. The minimum atomic E-state index is 0.972. The summed E-state index contributed by atoms with van der Waals surface area (Å²) in [7, 11) is 0. The summed E-state index contributed by atoms with van der Waals surface area (Å²) in [4.78, 5) is 9.18. The summed E-state index contributed by atoms with van der Waals surface area (Å²) >= 11 is 3.33. The third-order valence-corrected chi connectivity index (χ3v) is 4.65. The lowest BCUT2D eigenvalue weighted by molar-refractivity contribution is 1.09. The van der Waals surface area contributed by atoms with E-state index in [4.69, 9.17) is 0 Å². The highest BCUT2D eigenvalue weighted by Crippen LogP contribution is 2.26. The van der Waals surface area contributed by atoms with Gasteiger partial charge in [-0.1, -0.05) is 31.2 Å². The fraction of sp³-hybridized carbons (Fsp3) is 0.125. The van der Waals surface area contributed by atoms with Crippen LogP contribution in [-0.2, 0) is 6.42 Å². The number of benzene rings is 1. The van der Waals surface area contributed by atoms with Crippen molar-refractivity contribution in [1.29, 1.82) is 0 Å². The van der Waals surface area contributed by atoms with Gasteiger partial charge in [0.25, 0.3) is 0 Å². The van der Waals surface area contributed by atoms with Crippen LogP contribution in [-0.4, -0.2) is 9.97 Å². The van der Waals surface area contributed by atoms with E-state index in [-0.39, 0.29) is 0 Å². The second-order valence-electron chi connectivity index (χ2n) is 4.23. The Bertz CT molecular complexity index is 711. The Balaban J connectivity index is 1.78. The molecule has 0 atom stereocenters. The van der Waals surface area contributed by atoms with E-state index >= 15 is 0 Å². The molecule has 2 nitrogen and oxygen atoms in total. The van der Waals surface area contributed by atoms with Gasteiger partial charge in [-0.3, -0.25) is 0 Å². The van der Waals surface area contributed by atoms with Gasteiger partial charge in [-0.15, -0.1) is 22.7 Å². The maximum atomic E-state index is 4.61. The molecule has 0 fully saturated rings. The largest absolute Gasteiger partial charge is 0.239 e. The van der Waals surface area contributed by atoms with Crippen molar-refractivity contribution in [2.45, 2.75) is 13.3 Å². The molecule has 0 amide bonds. The Morgan fingerprint density at radius 2 is 2.15 bits per heavy atom. The van der Waals surface area contributed by atoms with Crippen LogP contribution in [0, 0.1) is 6.07 Å². The highest BCUT2D eigenvalue weighted by molar-refractivity contribution is 7.14. The normalized spacial score (nSPS) is 11.2. The molecule has 0 saturated heterocycles. The van der Waals surface area contributed by atoms with Gasteiger partial charge >= 0.3 is 0 Å². The molecule has 3 rings (SSSR count). The second-order valence-corrected chi connectivity index (χ2v) is 6.03. The molecule has 0 unspecified atom stereocenters. The van der Waals surface area contributed by atoms with Crippen LogP contribution in [0.5, 0.6) is 0 Å². The fourth-order valence-electron chi connectivity index (χ4n) is 1.74. The van der Waals surface area contributed by atoms with Crippen molar-refractivity contribution >= 4 is 34.8 Å². The lowest BCUT2D eigenvalue weighted by atomic mass is 10.2. The van der Waals surface area contributed by atoms with Crippen LogP contribution in [0.15, 0.2) is 35.0 Å². The summed E-state index contributed by atoms with van der Waals surface area (Å²) in [6.45, 7) is 2.12. The molecule has 2 aromatic heterocycles. The molecular formula is C16H13N2S2. The maximum Gasteiger partial charge on any atom is 0.143 e. The second kappa shape index (κ2) is 6.11. The number of thiazole rings is 2. The van der Waals surface area contributed by atoms with Crippen molar-refractivity contribution in [2.75, 3.05) is 0 Å². The molecule has 0 aliphatic rings. The molecule has 0 aliphatic heterocycles. The molecule has 0 bridgehead atoms. The summed E-state index contributed by atoms with van der Waals surface area (Å²) in [5.41, 5.74) is 3.09. The predicted molar refractivity (Wildman–Crippen MR) is 86.8 cm³/mol. The quantitative estimate of drug-likeness (QED) is 0.691. The number of nitrogens with zero attached hydrogens (tertiary/aromatic N) is 2. The molecule has 1 aromatic carbocycles. The summed E-state index contributed by atoms with van der Waals surface area (Å²) in [5, 5.41) is 6.29. The molecule has 1 radical (unpaired) electrons. The van der Waals surface area contributed by atoms with Crippen molar-refractivity contribution < 1.29 is 0 Å². The first-order valence-corrected chi connectivity index (χ1v) is 8.15. The molecule has 99 valence electrons. The Morgan fingerprint density at radius 3 is 2.90 bits per heavy atom. The Labute approximate surface area is 126 Å². The number of hydrogen-bond acceptors (Lipinski definition) is 4. The number of aromatic nitrogens is 2. The average Bonchev–Trinajstić information content (AvgIpc) is 3.15. The van der Waals surface area contributed by atoms with Gasteiger partial charge in [0.2, 0.25) is 0 Å². The maximum absolute atomic E-state index is 4.61. The van der Waals surface area contributed by atoms with Crippen LogP contribution in [0.1, 0.15) is 23.2 Å². The summed E-state index contributed by atoms with van der Waals surface area (Å²) in [5.74, 6) is 0. The molecule has 20 heavy (non-hydrogen) atoms. The molecular weight excluding hydrogens is 284 g/mol. The fourth-order valence-corrected chi connectivity index (χ4v) is 3.30. The van der Waals surface area contributed by atoms with Crippen molar-refractivity contribution in [2.24, 2.45) is 0 Å². The smallest absolute Gasteiger partial charge is 0.143 e. The van der Waals surface area contributed by atoms with E-state index in [0.29, 0.717) is 0 Å². The Hall–Kier alpha value is -1.78. The van der Waals surface area contributed by atoms with Gasteiger partial charge in [0, 0.05) is 10.8 Å². The third-order valence-electron chi connectivity index (χ3n) is 2.77. The van der Waals surface area contributed by atoms with Gasteiger partial charge in [-0.2, -0.15) is 0 Å². The molecule has 0 aliphatic carbocycles. The topological polar surface area (TPSA) is 25.8 Å². The highest BCUT2D eigenvalue weighted by atomic mass is 32.1.